The molecule has 0 rings (SSSR count). The van der Waals surface area contributed by atoms with Crippen LogP contribution in [0, 0.1) is 0 Å². The molecule has 0 aliphatic rings. The van der Waals surface area contributed by atoms with Crippen molar-refractivity contribution in [3.05, 3.63) is 18.2 Å². The molecule has 0 bridgehead atoms. The summed E-state index contributed by atoms with van der Waals surface area (Å²) in [5, 5.41) is 0. The molecule has 0 aromatic heterocycles. The van der Waals surface area contributed by atoms with Crippen molar-refractivity contribution in [2.24, 2.45) is 0 Å². The first kappa shape index (κ1) is 16.7. The smallest absolute Gasteiger partial charge is 0.333 e. The highest BCUT2D eigenvalue weighted by Gasteiger charge is 2.01. The Labute approximate surface area is 110 Å². The number of unbranched alkanes of at least 4 members (excludes halogenated alkanes) is 7. The van der Waals surface area contributed by atoms with Crippen LogP contribution in [0.1, 0.15) is 58.3 Å². The summed E-state index contributed by atoms with van der Waals surface area (Å²) >= 11 is 0. The normalized spacial score (nSPS) is 9.61. The molecule has 0 saturated heterocycles. The van der Waals surface area contributed by atoms with E-state index < -0.39 is 0 Å². The van der Waals surface area contributed by atoms with Crippen LogP contribution in [0.25, 0.3) is 0 Å². The third-order valence-electron chi connectivity index (χ3n) is 2.66. The average molecular weight is 252 g/mol. The number of hydrogen-bond acceptors (Lipinski definition) is 3. The maximum absolute atomic E-state index is 11.1. The Kier molecular flexibility index (Phi) is 11.2. The van der Waals surface area contributed by atoms with Gasteiger partial charge in [0.25, 0.3) is 0 Å². The van der Waals surface area contributed by atoms with Crippen LogP contribution in [0.5, 0.6) is 0 Å². The number of carbonyl (C=O) groups excluding carboxylic acids is 2. The lowest BCUT2D eigenvalue weighted by Crippen LogP contribution is -2.05. The molecule has 0 aromatic rings. The van der Waals surface area contributed by atoms with E-state index in [9.17, 15) is 9.59 Å². The van der Waals surface area contributed by atoms with Crippen molar-refractivity contribution >= 4 is 11.9 Å². The third kappa shape index (κ3) is 11.2. The van der Waals surface area contributed by atoms with E-state index in [0.717, 1.165) is 25.7 Å². The Morgan fingerprint density at radius 2 is 1.67 bits per heavy atom. The van der Waals surface area contributed by atoms with Crippen molar-refractivity contribution < 1.29 is 14.3 Å². The topological polar surface area (TPSA) is 43.4 Å². The van der Waals surface area contributed by atoms with Crippen LogP contribution >= 0.6 is 0 Å². The lowest BCUT2D eigenvalue weighted by Gasteiger charge is -2.04. The SMILES string of the molecule is C=C(C)C(=O)OCCCCCCCCCC=C=O. The summed E-state index contributed by atoms with van der Waals surface area (Å²) in [6.45, 7) is 5.67. The molecule has 0 aliphatic heterocycles. The van der Waals surface area contributed by atoms with E-state index in [1.54, 1.807) is 18.9 Å². The van der Waals surface area contributed by atoms with E-state index in [4.69, 9.17) is 4.74 Å². The maximum Gasteiger partial charge on any atom is 0.333 e. The van der Waals surface area contributed by atoms with E-state index in [1.807, 2.05) is 0 Å². The van der Waals surface area contributed by atoms with Crippen molar-refractivity contribution in [1.29, 1.82) is 0 Å². The van der Waals surface area contributed by atoms with Gasteiger partial charge in [-0.1, -0.05) is 38.7 Å². The predicted octanol–water partition coefficient (Wildman–Crippen LogP) is 3.61. The second kappa shape index (κ2) is 12.1. The van der Waals surface area contributed by atoms with Crippen LogP contribution in [0.2, 0.25) is 0 Å². The number of ether oxygens (including phenoxy) is 1. The Bertz CT molecular complexity index is 288. The van der Waals surface area contributed by atoms with Gasteiger partial charge in [-0.2, -0.15) is 0 Å². The summed E-state index contributed by atoms with van der Waals surface area (Å²) in [5.41, 5.74) is 0.458. The minimum Gasteiger partial charge on any atom is -0.462 e. The van der Waals surface area contributed by atoms with Gasteiger partial charge in [0, 0.05) is 5.57 Å². The van der Waals surface area contributed by atoms with Crippen molar-refractivity contribution in [1.82, 2.24) is 0 Å². The third-order valence-corrected chi connectivity index (χ3v) is 2.66. The molecule has 3 heteroatoms. The summed E-state index contributed by atoms with van der Waals surface area (Å²) < 4.78 is 5.00. The molecular formula is C15H24O3. The average Bonchev–Trinajstić information content (AvgIpc) is 2.35. The molecule has 0 aromatic carbocycles. The minimum atomic E-state index is -0.293. The first-order valence-corrected chi connectivity index (χ1v) is 6.70. The number of esters is 1. The van der Waals surface area contributed by atoms with Gasteiger partial charge >= 0.3 is 5.97 Å². The molecule has 102 valence electrons. The maximum atomic E-state index is 11.1. The second-order valence-electron chi connectivity index (χ2n) is 4.50. The highest BCUT2D eigenvalue weighted by atomic mass is 16.5. The van der Waals surface area contributed by atoms with E-state index in [1.165, 1.54) is 25.7 Å². The van der Waals surface area contributed by atoms with Gasteiger partial charge in [0.15, 0.2) is 0 Å². The summed E-state index contributed by atoms with van der Waals surface area (Å²) in [5.74, 6) is 1.49. The largest absolute Gasteiger partial charge is 0.462 e. The number of carbonyl (C=O) groups is 1. The molecule has 0 heterocycles. The van der Waals surface area contributed by atoms with Crippen LogP contribution in [-0.2, 0) is 14.3 Å². The molecule has 0 spiro atoms. The van der Waals surface area contributed by atoms with Crippen LogP contribution in [0.4, 0.5) is 0 Å². The van der Waals surface area contributed by atoms with Gasteiger partial charge in [-0.15, -0.1) is 0 Å². The van der Waals surface area contributed by atoms with E-state index >= 15 is 0 Å². The molecular weight excluding hydrogens is 228 g/mol. The van der Waals surface area contributed by atoms with Crippen LogP contribution in [-0.4, -0.2) is 18.5 Å². The minimum absolute atomic E-state index is 0.293. The Hall–Kier alpha value is -1.34. The molecule has 3 nitrogen and oxygen atoms in total. The van der Waals surface area contributed by atoms with Crippen molar-refractivity contribution in [3.8, 4) is 0 Å². The van der Waals surface area contributed by atoms with Crippen LogP contribution in [0.15, 0.2) is 18.2 Å². The van der Waals surface area contributed by atoms with Crippen LogP contribution < -0.4 is 0 Å². The molecule has 0 radical (unpaired) electrons. The number of hydrogen-bond donors (Lipinski definition) is 0. The molecule has 0 fully saturated rings. The molecule has 0 amide bonds. The summed E-state index contributed by atoms with van der Waals surface area (Å²) in [6.07, 6.45) is 10.3. The van der Waals surface area contributed by atoms with Gasteiger partial charge in [-0.25, -0.2) is 9.59 Å². The van der Waals surface area contributed by atoms with E-state index in [2.05, 4.69) is 6.58 Å². The molecule has 0 saturated carbocycles. The Balaban J connectivity index is 3.14. The lowest BCUT2D eigenvalue weighted by molar-refractivity contribution is -0.139. The fourth-order valence-electron chi connectivity index (χ4n) is 1.58. The van der Waals surface area contributed by atoms with Gasteiger partial charge in [0.1, 0.15) is 5.94 Å². The quantitative estimate of drug-likeness (QED) is 0.244. The lowest BCUT2D eigenvalue weighted by atomic mass is 10.1. The summed E-state index contributed by atoms with van der Waals surface area (Å²) in [7, 11) is 0. The highest BCUT2D eigenvalue weighted by Crippen LogP contribution is 2.08. The zero-order chi connectivity index (χ0) is 13.6. The van der Waals surface area contributed by atoms with Crippen molar-refractivity contribution in [2.45, 2.75) is 58.3 Å². The Morgan fingerprint density at radius 3 is 2.22 bits per heavy atom. The summed E-state index contributed by atoms with van der Waals surface area (Å²) in [6, 6.07) is 0. The van der Waals surface area contributed by atoms with Crippen molar-refractivity contribution in [2.75, 3.05) is 6.61 Å². The standard InChI is InChI=1S/C15H24O3/c1-14(2)15(17)18-13-11-9-7-5-3-4-6-8-10-12-16/h10H,1,3-9,11,13H2,2H3. The van der Waals surface area contributed by atoms with Crippen molar-refractivity contribution in [3.63, 3.8) is 0 Å². The van der Waals surface area contributed by atoms with Crippen LogP contribution in [0.3, 0.4) is 0 Å². The van der Waals surface area contributed by atoms with Gasteiger partial charge in [0.2, 0.25) is 0 Å². The fraction of sp³-hybridized carbons (Fsp3) is 0.667. The summed E-state index contributed by atoms with van der Waals surface area (Å²) in [4.78, 5) is 21.0. The second-order valence-corrected chi connectivity index (χ2v) is 4.50. The van der Waals surface area contributed by atoms with E-state index in [0.29, 0.717) is 12.2 Å². The molecule has 0 aliphatic carbocycles. The Morgan fingerprint density at radius 1 is 1.11 bits per heavy atom. The monoisotopic (exact) mass is 252 g/mol. The number of allylic oxidation sites excluding steroid dienone is 1. The molecule has 18 heavy (non-hydrogen) atoms. The molecule has 0 unspecified atom stereocenters. The number of rotatable bonds is 11. The van der Waals surface area contributed by atoms with E-state index in [-0.39, 0.29) is 5.97 Å². The highest BCUT2D eigenvalue weighted by molar-refractivity contribution is 5.86. The van der Waals surface area contributed by atoms with Gasteiger partial charge in [-0.3, -0.25) is 0 Å². The zero-order valence-electron chi connectivity index (χ0n) is 11.4. The first-order valence-electron chi connectivity index (χ1n) is 6.70. The van der Waals surface area contributed by atoms with Gasteiger partial charge < -0.3 is 4.74 Å². The predicted molar refractivity (Wildman–Crippen MR) is 73.0 cm³/mol. The first-order chi connectivity index (χ1) is 8.68. The zero-order valence-corrected chi connectivity index (χ0v) is 11.4. The van der Waals surface area contributed by atoms with Gasteiger partial charge in [0.05, 0.1) is 6.61 Å². The molecule has 0 atom stereocenters. The fourth-order valence-corrected chi connectivity index (χ4v) is 1.58. The molecule has 0 N–H and O–H groups in total. The van der Waals surface area contributed by atoms with Gasteiger partial charge in [-0.05, 0) is 32.3 Å².